The number of rotatable bonds is 5. The average Bonchev–Trinajstić information content (AvgIpc) is 3.31. The molecule has 1 heterocycles. The second kappa shape index (κ2) is 8.77. The van der Waals surface area contributed by atoms with Crippen molar-refractivity contribution in [1.82, 2.24) is 10.3 Å². The Hall–Kier alpha value is -1.35. The van der Waals surface area contributed by atoms with Crippen LogP contribution in [0.5, 0.6) is 0 Å². The van der Waals surface area contributed by atoms with Gasteiger partial charge in [0.1, 0.15) is 10.7 Å². The Morgan fingerprint density at radius 1 is 1.33 bits per heavy atom. The normalized spacial score (nSPS) is 15.9. The molecule has 1 aromatic heterocycles. The topological polar surface area (TPSA) is 68.0 Å². The van der Waals surface area contributed by atoms with E-state index in [2.05, 4.69) is 10.3 Å². The van der Waals surface area contributed by atoms with E-state index in [1.54, 1.807) is 11.4 Å². The van der Waals surface area contributed by atoms with Crippen LogP contribution < -0.4 is 11.1 Å². The van der Waals surface area contributed by atoms with Gasteiger partial charge < -0.3 is 11.1 Å². The summed E-state index contributed by atoms with van der Waals surface area (Å²) in [5, 5.41) is 4.84. The standard InChI is InChI=1S/C17H18F3N3OS.2ClH/c1-16(9-21,11-5-6-11)23-14(24)13-8-25-15(22-13)10-3-2-4-12(7-10)17(18,19)20;;/h2-4,7-8,11H,5-6,9,21H2,1H3,(H,23,24);2*1H. The zero-order valence-electron chi connectivity index (χ0n) is 14.4. The van der Waals surface area contributed by atoms with Crippen LogP contribution in [0.25, 0.3) is 10.6 Å². The smallest absolute Gasteiger partial charge is 0.344 e. The summed E-state index contributed by atoms with van der Waals surface area (Å²) in [6.45, 7) is 2.23. The molecule has 1 amide bonds. The van der Waals surface area contributed by atoms with Crippen molar-refractivity contribution in [1.29, 1.82) is 0 Å². The van der Waals surface area contributed by atoms with E-state index in [1.165, 1.54) is 6.07 Å². The first kappa shape index (κ1) is 23.7. The maximum atomic E-state index is 12.8. The van der Waals surface area contributed by atoms with Crippen molar-refractivity contribution < 1.29 is 18.0 Å². The number of nitrogens with zero attached hydrogens (tertiary/aromatic N) is 1. The van der Waals surface area contributed by atoms with E-state index < -0.39 is 17.3 Å². The number of nitrogens with one attached hydrogen (secondary N) is 1. The molecule has 1 aliphatic rings. The summed E-state index contributed by atoms with van der Waals surface area (Å²) in [6, 6.07) is 4.92. The number of hydrogen-bond acceptors (Lipinski definition) is 4. The lowest BCUT2D eigenvalue weighted by Gasteiger charge is -2.29. The van der Waals surface area contributed by atoms with Gasteiger partial charge in [0, 0.05) is 17.5 Å². The monoisotopic (exact) mass is 441 g/mol. The highest BCUT2D eigenvalue weighted by Crippen LogP contribution is 2.39. The van der Waals surface area contributed by atoms with E-state index in [9.17, 15) is 18.0 Å². The molecule has 4 nitrogen and oxygen atoms in total. The van der Waals surface area contributed by atoms with Gasteiger partial charge in [0.2, 0.25) is 0 Å². The Morgan fingerprint density at radius 3 is 2.56 bits per heavy atom. The number of alkyl halides is 3. The molecule has 3 rings (SSSR count). The molecule has 1 saturated carbocycles. The summed E-state index contributed by atoms with van der Waals surface area (Å²) in [5.41, 5.74) is 5.10. The second-order valence-corrected chi connectivity index (χ2v) is 7.32. The van der Waals surface area contributed by atoms with Crippen molar-refractivity contribution >= 4 is 42.1 Å². The summed E-state index contributed by atoms with van der Waals surface area (Å²) in [6.07, 6.45) is -2.36. The number of amides is 1. The third-order valence-corrected chi connectivity index (χ3v) is 5.37. The van der Waals surface area contributed by atoms with Gasteiger partial charge in [0.05, 0.1) is 11.1 Å². The van der Waals surface area contributed by atoms with Gasteiger partial charge in [0.25, 0.3) is 5.91 Å². The zero-order chi connectivity index (χ0) is 18.2. The molecule has 1 unspecified atom stereocenters. The molecule has 0 aliphatic heterocycles. The van der Waals surface area contributed by atoms with Gasteiger partial charge in [0.15, 0.2) is 0 Å². The lowest BCUT2D eigenvalue weighted by atomic mass is 9.96. The SMILES string of the molecule is CC(CN)(NC(=O)c1csc(-c2cccc(C(F)(F)F)c2)n1)C1CC1.Cl.Cl. The summed E-state index contributed by atoms with van der Waals surface area (Å²) < 4.78 is 38.5. The molecule has 3 N–H and O–H groups in total. The van der Waals surface area contributed by atoms with Crippen molar-refractivity contribution in [3.8, 4) is 10.6 Å². The van der Waals surface area contributed by atoms with Crippen molar-refractivity contribution in [3.63, 3.8) is 0 Å². The number of carbonyl (C=O) groups is 1. The molecule has 1 aromatic carbocycles. The van der Waals surface area contributed by atoms with Crippen LogP contribution in [0, 0.1) is 5.92 Å². The minimum Gasteiger partial charge on any atom is -0.344 e. The van der Waals surface area contributed by atoms with Crippen LogP contribution in [-0.2, 0) is 6.18 Å². The van der Waals surface area contributed by atoms with Crippen molar-refractivity contribution in [3.05, 3.63) is 40.9 Å². The third kappa shape index (κ3) is 5.34. The number of benzene rings is 1. The number of carbonyl (C=O) groups excluding carboxylic acids is 1. The van der Waals surface area contributed by atoms with E-state index in [0.29, 0.717) is 23.0 Å². The van der Waals surface area contributed by atoms with Crippen LogP contribution in [0.15, 0.2) is 29.6 Å². The largest absolute Gasteiger partial charge is 0.416 e. The summed E-state index contributed by atoms with van der Waals surface area (Å²) in [5.74, 6) is 0.0114. The number of nitrogens with two attached hydrogens (primary N) is 1. The number of aromatic nitrogens is 1. The van der Waals surface area contributed by atoms with E-state index in [4.69, 9.17) is 5.73 Å². The van der Waals surface area contributed by atoms with E-state index in [-0.39, 0.29) is 36.4 Å². The van der Waals surface area contributed by atoms with Gasteiger partial charge >= 0.3 is 6.18 Å². The van der Waals surface area contributed by atoms with Gasteiger partial charge in [-0.3, -0.25) is 4.79 Å². The highest BCUT2D eigenvalue weighted by atomic mass is 35.5. The quantitative estimate of drug-likeness (QED) is 0.715. The molecule has 1 fully saturated rings. The predicted molar refractivity (Wildman–Crippen MR) is 105 cm³/mol. The Morgan fingerprint density at radius 2 is 2.00 bits per heavy atom. The van der Waals surface area contributed by atoms with Crippen molar-refractivity contribution in [2.45, 2.75) is 31.5 Å². The molecule has 27 heavy (non-hydrogen) atoms. The van der Waals surface area contributed by atoms with Crippen LogP contribution >= 0.6 is 36.2 Å². The van der Waals surface area contributed by atoms with Crippen molar-refractivity contribution in [2.75, 3.05) is 6.54 Å². The molecule has 150 valence electrons. The van der Waals surface area contributed by atoms with Crippen molar-refractivity contribution in [2.24, 2.45) is 11.7 Å². The molecule has 1 aliphatic carbocycles. The van der Waals surface area contributed by atoms with E-state index in [1.807, 2.05) is 6.92 Å². The fraction of sp³-hybridized carbons (Fsp3) is 0.412. The van der Waals surface area contributed by atoms with Crippen LogP contribution in [0.2, 0.25) is 0 Å². The third-order valence-electron chi connectivity index (χ3n) is 4.48. The number of hydrogen-bond donors (Lipinski definition) is 2. The minimum absolute atomic E-state index is 0. The summed E-state index contributed by atoms with van der Waals surface area (Å²) in [4.78, 5) is 16.6. The Balaban J connectivity index is 0.00000182. The fourth-order valence-electron chi connectivity index (χ4n) is 2.70. The van der Waals surface area contributed by atoms with Gasteiger partial charge in [-0.1, -0.05) is 12.1 Å². The van der Waals surface area contributed by atoms with Gasteiger partial charge in [-0.2, -0.15) is 13.2 Å². The first-order valence-electron chi connectivity index (χ1n) is 7.89. The Labute approximate surface area is 171 Å². The highest BCUT2D eigenvalue weighted by molar-refractivity contribution is 7.13. The zero-order valence-corrected chi connectivity index (χ0v) is 16.8. The highest BCUT2D eigenvalue weighted by Gasteiger charge is 2.42. The maximum absolute atomic E-state index is 12.8. The second-order valence-electron chi connectivity index (χ2n) is 6.47. The lowest BCUT2D eigenvalue weighted by molar-refractivity contribution is -0.137. The molecular weight excluding hydrogens is 422 g/mol. The first-order valence-corrected chi connectivity index (χ1v) is 8.76. The first-order chi connectivity index (χ1) is 11.7. The lowest BCUT2D eigenvalue weighted by Crippen LogP contribution is -2.53. The van der Waals surface area contributed by atoms with Gasteiger partial charge in [-0.05, 0) is 37.8 Å². The molecular formula is C17H20Cl2F3N3OS. The molecule has 10 heteroatoms. The molecule has 1 atom stereocenters. The maximum Gasteiger partial charge on any atom is 0.416 e. The molecule has 2 aromatic rings. The van der Waals surface area contributed by atoms with Gasteiger partial charge in [-0.25, -0.2) is 4.98 Å². The Bertz CT molecular complexity index is 796. The number of halogens is 5. The summed E-state index contributed by atoms with van der Waals surface area (Å²) in [7, 11) is 0. The van der Waals surface area contributed by atoms with Gasteiger partial charge in [-0.15, -0.1) is 36.2 Å². The van der Waals surface area contributed by atoms with Crippen LogP contribution in [-0.4, -0.2) is 23.0 Å². The number of thiazole rings is 1. The van der Waals surface area contributed by atoms with Crippen LogP contribution in [0.3, 0.4) is 0 Å². The molecule has 0 bridgehead atoms. The fourth-order valence-corrected chi connectivity index (χ4v) is 3.50. The summed E-state index contributed by atoms with van der Waals surface area (Å²) >= 11 is 1.14. The van der Waals surface area contributed by atoms with E-state index >= 15 is 0 Å². The predicted octanol–water partition coefficient (Wildman–Crippen LogP) is 4.53. The van der Waals surface area contributed by atoms with Crippen LogP contribution in [0.4, 0.5) is 13.2 Å². The molecule has 0 saturated heterocycles. The van der Waals surface area contributed by atoms with E-state index in [0.717, 1.165) is 36.3 Å². The Kier molecular flexibility index (Phi) is 7.69. The molecule has 0 radical (unpaired) electrons. The molecule has 0 spiro atoms. The minimum atomic E-state index is -4.42. The average molecular weight is 442 g/mol. The van der Waals surface area contributed by atoms with Crippen LogP contribution in [0.1, 0.15) is 35.8 Å².